The molecular formula is C13H21N5O2. The van der Waals surface area contributed by atoms with E-state index in [1.807, 2.05) is 0 Å². The first kappa shape index (κ1) is 14.5. The molecular weight excluding hydrogens is 258 g/mol. The molecule has 0 aromatic carbocycles. The minimum Gasteiger partial charge on any atom is -0.383 e. The molecule has 1 aromatic rings. The summed E-state index contributed by atoms with van der Waals surface area (Å²) in [7, 11) is 0. The van der Waals surface area contributed by atoms with Gasteiger partial charge in [-0.3, -0.25) is 10.1 Å². The molecule has 0 radical (unpaired) electrons. The SMILES string of the molecule is CC(C)N1CCC(CNc2cc([N+](=O)[O-])cc(N)n2)C1. The number of hydrogen-bond acceptors (Lipinski definition) is 6. The van der Waals surface area contributed by atoms with Crippen LogP contribution in [0.2, 0.25) is 0 Å². The molecule has 1 aliphatic heterocycles. The lowest BCUT2D eigenvalue weighted by molar-refractivity contribution is -0.384. The molecule has 110 valence electrons. The molecule has 20 heavy (non-hydrogen) atoms. The molecule has 1 unspecified atom stereocenters. The van der Waals surface area contributed by atoms with E-state index < -0.39 is 4.92 Å². The number of nitrogen functional groups attached to an aromatic ring is 1. The fourth-order valence-corrected chi connectivity index (χ4v) is 2.48. The van der Waals surface area contributed by atoms with E-state index in [0.29, 0.717) is 17.8 Å². The van der Waals surface area contributed by atoms with Crippen LogP contribution >= 0.6 is 0 Å². The number of pyridine rings is 1. The first-order chi connectivity index (χ1) is 9.45. The van der Waals surface area contributed by atoms with E-state index >= 15 is 0 Å². The van der Waals surface area contributed by atoms with Crippen LogP contribution < -0.4 is 11.1 Å². The van der Waals surface area contributed by atoms with E-state index in [1.54, 1.807) is 0 Å². The highest BCUT2D eigenvalue weighted by Gasteiger charge is 2.24. The number of nitro groups is 1. The number of aromatic nitrogens is 1. The predicted octanol–water partition coefficient (Wildman–Crippen LogP) is 1.71. The molecule has 1 fully saturated rings. The van der Waals surface area contributed by atoms with Crippen molar-refractivity contribution in [2.24, 2.45) is 5.92 Å². The highest BCUT2D eigenvalue weighted by molar-refractivity contribution is 5.52. The molecule has 1 aromatic heterocycles. The maximum atomic E-state index is 10.8. The Morgan fingerprint density at radius 2 is 2.35 bits per heavy atom. The number of rotatable bonds is 5. The van der Waals surface area contributed by atoms with Crippen molar-refractivity contribution in [3.05, 3.63) is 22.2 Å². The molecule has 2 rings (SSSR count). The number of nitrogens with two attached hydrogens (primary N) is 1. The number of anilines is 2. The smallest absolute Gasteiger partial charge is 0.276 e. The van der Waals surface area contributed by atoms with Gasteiger partial charge in [-0.15, -0.1) is 0 Å². The van der Waals surface area contributed by atoms with Gasteiger partial charge in [0.05, 0.1) is 17.1 Å². The second kappa shape index (κ2) is 6.04. The number of hydrogen-bond donors (Lipinski definition) is 2. The lowest BCUT2D eigenvalue weighted by atomic mass is 10.1. The molecule has 0 amide bonds. The van der Waals surface area contributed by atoms with Crippen molar-refractivity contribution in [2.45, 2.75) is 26.3 Å². The predicted molar refractivity (Wildman–Crippen MR) is 78.6 cm³/mol. The van der Waals surface area contributed by atoms with Crippen LogP contribution in [-0.4, -0.2) is 40.5 Å². The van der Waals surface area contributed by atoms with Crippen molar-refractivity contribution in [1.29, 1.82) is 0 Å². The summed E-state index contributed by atoms with van der Waals surface area (Å²) in [6.07, 6.45) is 1.13. The van der Waals surface area contributed by atoms with Gasteiger partial charge < -0.3 is 16.0 Å². The fourth-order valence-electron chi connectivity index (χ4n) is 2.48. The third-order valence-electron chi connectivity index (χ3n) is 3.66. The minimum absolute atomic E-state index is 0.0322. The molecule has 0 spiro atoms. The largest absolute Gasteiger partial charge is 0.383 e. The van der Waals surface area contributed by atoms with Crippen LogP contribution in [0, 0.1) is 16.0 Å². The van der Waals surface area contributed by atoms with Crippen LogP contribution in [-0.2, 0) is 0 Å². The Balaban J connectivity index is 1.93. The van der Waals surface area contributed by atoms with E-state index in [2.05, 4.69) is 29.0 Å². The zero-order valence-corrected chi connectivity index (χ0v) is 11.9. The summed E-state index contributed by atoms with van der Waals surface area (Å²) >= 11 is 0. The van der Waals surface area contributed by atoms with Crippen LogP contribution in [0.1, 0.15) is 20.3 Å². The molecule has 0 bridgehead atoms. The van der Waals surface area contributed by atoms with Crippen molar-refractivity contribution in [3.63, 3.8) is 0 Å². The quantitative estimate of drug-likeness (QED) is 0.629. The van der Waals surface area contributed by atoms with Crippen molar-refractivity contribution < 1.29 is 4.92 Å². The standard InChI is InChI=1S/C13H21N5O2/c1-9(2)17-4-3-10(8-17)7-15-13-6-11(18(19)20)5-12(14)16-13/h5-6,9-10H,3-4,7-8H2,1-2H3,(H3,14,15,16). The first-order valence-electron chi connectivity index (χ1n) is 6.85. The van der Waals surface area contributed by atoms with Gasteiger partial charge >= 0.3 is 0 Å². The summed E-state index contributed by atoms with van der Waals surface area (Å²) < 4.78 is 0. The van der Waals surface area contributed by atoms with Crippen LogP contribution in [0.15, 0.2) is 12.1 Å². The number of nitrogens with zero attached hydrogens (tertiary/aromatic N) is 3. The zero-order valence-electron chi connectivity index (χ0n) is 11.9. The van der Waals surface area contributed by atoms with Crippen molar-refractivity contribution in [2.75, 3.05) is 30.7 Å². The Bertz CT molecular complexity index is 492. The Labute approximate surface area is 118 Å². The Morgan fingerprint density at radius 1 is 1.60 bits per heavy atom. The third kappa shape index (κ3) is 3.57. The van der Waals surface area contributed by atoms with Gasteiger partial charge in [0.15, 0.2) is 0 Å². The van der Waals surface area contributed by atoms with Gasteiger partial charge in [0.25, 0.3) is 5.69 Å². The zero-order chi connectivity index (χ0) is 14.7. The summed E-state index contributed by atoms with van der Waals surface area (Å²) in [5.41, 5.74) is 5.55. The highest BCUT2D eigenvalue weighted by Crippen LogP contribution is 2.21. The number of likely N-dealkylation sites (tertiary alicyclic amines) is 1. The van der Waals surface area contributed by atoms with Gasteiger partial charge in [-0.1, -0.05) is 0 Å². The molecule has 7 nitrogen and oxygen atoms in total. The van der Waals surface area contributed by atoms with E-state index in [4.69, 9.17) is 5.73 Å². The van der Waals surface area contributed by atoms with Crippen LogP contribution in [0.4, 0.5) is 17.3 Å². The maximum absolute atomic E-state index is 10.8. The van der Waals surface area contributed by atoms with Crippen LogP contribution in [0.25, 0.3) is 0 Å². The van der Waals surface area contributed by atoms with Gasteiger partial charge in [0.1, 0.15) is 11.6 Å². The minimum atomic E-state index is -0.459. The summed E-state index contributed by atoms with van der Waals surface area (Å²) in [5.74, 6) is 1.18. The Kier molecular flexibility index (Phi) is 4.39. The Hall–Kier alpha value is -1.89. The molecule has 3 N–H and O–H groups in total. The van der Waals surface area contributed by atoms with Crippen molar-refractivity contribution in [3.8, 4) is 0 Å². The monoisotopic (exact) mass is 279 g/mol. The second-order valence-electron chi connectivity index (χ2n) is 5.52. The highest BCUT2D eigenvalue weighted by atomic mass is 16.6. The first-order valence-corrected chi connectivity index (χ1v) is 6.85. The lowest BCUT2D eigenvalue weighted by Gasteiger charge is -2.20. The normalized spacial score (nSPS) is 19.4. The molecule has 7 heteroatoms. The third-order valence-corrected chi connectivity index (χ3v) is 3.66. The van der Waals surface area contributed by atoms with Gasteiger partial charge in [0, 0.05) is 19.1 Å². The topological polar surface area (TPSA) is 97.3 Å². The van der Waals surface area contributed by atoms with E-state index in [1.165, 1.54) is 12.1 Å². The number of nitrogens with one attached hydrogen (secondary N) is 1. The maximum Gasteiger partial charge on any atom is 0.276 e. The molecule has 2 heterocycles. The summed E-state index contributed by atoms with van der Waals surface area (Å²) in [6, 6.07) is 3.25. The second-order valence-corrected chi connectivity index (χ2v) is 5.52. The van der Waals surface area contributed by atoms with E-state index in [9.17, 15) is 10.1 Å². The molecule has 0 saturated carbocycles. The van der Waals surface area contributed by atoms with E-state index in [0.717, 1.165) is 26.1 Å². The van der Waals surface area contributed by atoms with Crippen LogP contribution in [0.3, 0.4) is 0 Å². The lowest BCUT2D eigenvalue weighted by Crippen LogP contribution is -2.29. The molecule has 1 saturated heterocycles. The van der Waals surface area contributed by atoms with Crippen LogP contribution in [0.5, 0.6) is 0 Å². The average Bonchev–Trinajstić information content (AvgIpc) is 2.84. The molecule has 1 atom stereocenters. The summed E-state index contributed by atoms with van der Waals surface area (Å²) in [4.78, 5) is 16.8. The van der Waals surface area contributed by atoms with Crippen molar-refractivity contribution in [1.82, 2.24) is 9.88 Å². The Morgan fingerprint density at radius 3 is 2.95 bits per heavy atom. The van der Waals surface area contributed by atoms with Gasteiger partial charge in [-0.2, -0.15) is 0 Å². The van der Waals surface area contributed by atoms with E-state index in [-0.39, 0.29) is 11.5 Å². The summed E-state index contributed by atoms with van der Waals surface area (Å²) in [5, 5.41) is 13.9. The molecule has 1 aliphatic rings. The van der Waals surface area contributed by atoms with Gasteiger partial charge in [-0.25, -0.2) is 4.98 Å². The van der Waals surface area contributed by atoms with Crippen molar-refractivity contribution >= 4 is 17.3 Å². The summed E-state index contributed by atoms with van der Waals surface area (Å²) in [6.45, 7) is 7.30. The average molecular weight is 279 g/mol. The van der Waals surface area contributed by atoms with Gasteiger partial charge in [-0.05, 0) is 32.7 Å². The molecule has 0 aliphatic carbocycles. The van der Waals surface area contributed by atoms with Gasteiger partial charge in [0.2, 0.25) is 0 Å². The fraction of sp³-hybridized carbons (Fsp3) is 0.615.